The number of benzene rings is 1. The largest absolute Gasteiger partial charge is 0.487 e. The Kier molecular flexibility index (Phi) is 11.3. The number of unbranched alkanes of at least 4 members (excludes halogenated alkanes) is 7. The quantitative estimate of drug-likeness (QED) is 0.285. The van der Waals surface area contributed by atoms with Crippen LogP contribution in [0.4, 0.5) is 8.78 Å². The maximum atomic E-state index is 13.5. The fourth-order valence-electron chi connectivity index (χ4n) is 3.36. The standard InChI is InChI=1S/C25H36F2N2O/c1-3-5-6-7-8-9-10-11-12-20-13-15-21(16-14-20)25-28-17-22(18-29-25)30-19-24(27)23(26)4-2/h13-18,23-24H,3-12,19H2,1-2H3. The molecular weight excluding hydrogens is 382 g/mol. The molecule has 0 aliphatic carbocycles. The van der Waals surface area contributed by atoms with Crippen LogP contribution in [0.2, 0.25) is 0 Å². The molecule has 0 radical (unpaired) electrons. The van der Waals surface area contributed by atoms with Gasteiger partial charge in [0.05, 0.1) is 12.4 Å². The molecular formula is C25H36F2N2O. The summed E-state index contributed by atoms with van der Waals surface area (Å²) in [5.74, 6) is 0.936. The van der Waals surface area contributed by atoms with Gasteiger partial charge in [0.25, 0.3) is 0 Å². The van der Waals surface area contributed by atoms with E-state index in [4.69, 9.17) is 4.74 Å². The Balaban J connectivity index is 1.72. The van der Waals surface area contributed by atoms with Crippen LogP contribution in [-0.2, 0) is 6.42 Å². The van der Waals surface area contributed by atoms with E-state index in [2.05, 4.69) is 29.0 Å². The molecule has 166 valence electrons. The number of hydrogen-bond acceptors (Lipinski definition) is 3. The van der Waals surface area contributed by atoms with Crippen LogP contribution in [-0.4, -0.2) is 28.9 Å². The summed E-state index contributed by atoms with van der Waals surface area (Å²) in [6.07, 6.45) is 11.7. The van der Waals surface area contributed by atoms with Gasteiger partial charge in [0.15, 0.2) is 17.7 Å². The summed E-state index contributed by atoms with van der Waals surface area (Å²) < 4.78 is 32.0. The molecule has 2 atom stereocenters. The molecule has 30 heavy (non-hydrogen) atoms. The lowest BCUT2D eigenvalue weighted by Crippen LogP contribution is -2.23. The number of rotatable bonds is 15. The van der Waals surface area contributed by atoms with E-state index in [9.17, 15) is 8.78 Å². The summed E-state index contributed by atoms with van der Waals surface area (Å²) in [6, 6.07) is 8.32. The zero-order valence-electron chi connectivity index (χ0n) is 18.5. The van der Waals surface area contributed by atoms with Gasteiger partial charge in [0.1, 0.15) is 12.8 Å². The van der Waals surface area contributed by atoms with Gasteiger partial charge in [0.2, 0.25) is 0 Å². The van der Waals surface area contributed by atoms with Crippen molar-refractivity contribution in [1.29, 1.82) is 0 Å². The molecule has 5 heteroatoms. The molecule has 0 N–H and O–H groups in total. The van der Waals surface area contributed by atoms with E-state index >= 15 is 0 Å². The van der Waals surface area contributed by atoms with E-state index in [0.717, 1.165) is 12.0 Å². The van der Waals surface area contributed by atoms with Gasteiger partial charge in [-0.05, 0) is 24.8 Å². The maximum Gasteiger partial charge on any atom is 0.165 e. The number of alkyl halides is 2. The van der Waals surface area contributed by atoms with E-state index in [-0.39, 0.29) is 13.0 Å². The second-order valence-corrected chi connectivity index (χ2v) is 7.92. The summed E-state index contributed by atoms with van der Waals surface area (Å²) in [5, 5.41) is 0. The third kappa shape index (κ3) is 8.76. The number of aromatic nitrogens is 2. The van der Waals surface area contributed by atoms with Gasteiger partial charge in [-0.25, -0.2) is 18.7 Å². The monoisotopic (exact) mass is 418 g/mol. The molecule has 0 aliphatic rings. The molecule has 1 heterocycles. The van der Waals surface area contributed by atoms with Crippen molar-refractivity contribution in [3.63, 3.8) is 0 Å². The molecule has 0 saturated heterocycles. The Bertz CT molecular complexity index is 691. The Hall–Kier alpha value is -2.04. The molecule has 2 unspecified atom stereocenters. The molecule has 2 aromatic rings. The highest BCUT2D eigenvalue weighted by Crippen LogP contribution is 2.19. The van der Waals surface area contributed by atoms with Gasteiger partial charge in [-0.1, -0.05) is 83.1 Å². The average Bonchev–Trinajstić information content (AvgIpc) is 2.79. The van der Waals surface area contributed by atoms with E-state index < -0.39 is 12.3 Å². The minimum atomic E-state index is -1.64. The second-order valence-electron chi connectivity index (χ2n) is 7.92. The zero-order valence-corrected chi connectivity index (χ0v) is 18.5. The fraction of sp³-hybridized carbons (Fsp3) is 0.600. The van der Waals surface area contributed by atoms with Gasteiger partial charge in [-0.2, -0.15) is 0 Å². The van der Waals surface area contributed by atoms with Crippen LogP contribution in [0.25, 0.3) is 11.4 Å². The van der Waals surface area contributed by atoms with E-state index in [0.29, 0.717) is 11.6 Å². The van der Waals surface area contributed by atoms with Crippen LogP contribution in [0.1, 0.15) is 77.2 Å². The van der Waals surface area contributed by atoms with Crippen molar-refractivity contribution in [2.45, 2.75) is 90.4 Å². The second kappa shape index (κ2) is 14.1. The molecule has 0 bridgehead atoms. The van der Waals surface area contributed by atoms with Gasteiger partial charge in [-0.15, -0.1) is 0 Å². The zero-order chi connectivity index (χ0) is 21.6. The molecule has 1 aromatic heterocycles. The summed E-state index contributed by atoms with van der Waals surface area (Å²) in [4.78, 5) is 8.57. The first-order chi connectivity index (χ1) is 14.6. The summed E-state index contributed by atoms with van der Waals surface area (Å²) in [6.45, 7) is 3.53. The molecule has 0 aliphatic heterocycles. The number of ether oxygens (including phenoxy) is 1. The first-order valence-electron chi connectivity index (χ1n) is 11.5. The van der Waals surface area contributed by atoms with Crippen LogP contribution >= 0.6 is 0 Å². The highest BCUT2D eigenvalue weighted by atomic mass is 19.2. The molecule has 2 rings (SSSR count). The predicted octanol–water partition coefficient (Wildman–Crippen LogP) is 7.29. The minimum absolute atomic E-state index is 0.134. The maximum absolute atomic E-state index is 13.5. The summed E-state index contributed by atoms with van der Waals surface area (Å²) in [5.41, 5.74) is 2.26. The van der Waals surface area contributed by atoms with E-state index in [1.807, 2.05) is 12.1 Å². The first kappa shape index (κ1) is 24.2. The molecule has 0 amide bonds. The van der Waals surface area contributed by atoms with Crippen LogP contribution in [0.3, 0.4) is 0 Å². The van der Waals surface area contributed by atoms with Crippen molar-refractivity contribution < 1.29 is 13.5 Å². The van der Waals surface area contributed by atoms with Gasteiger partial charge in [0, 0.05) is 5.56 Å². The predicted molar refractivity (Wildman–Crippen MR) is 119 cm³/mol. The van der Waals surface area contributed by atoms with Crippen molar-refractivity contribution >= 4 is 0 Å². The number of nitrogens with zero attached hydrogens (tertiary/aromatic N) is 2. The van der Waals surface area contributed by atoms with Gasteiger partial charge in [-0.3, -0.25) is 0 Å². The van der Waals surface area contributed by atoms with Gasteiger partial charge < -0.3 is 4.74 Å². The Morgan fingerprint density at radius 1 is 0.800 bits per heavy atom. The van der Waals surface area contributed by atoms with Crippen LogP contribution < -0.4 is 4.74 Å². The molecule has 3 nitrogen and oxygen atoms in total. The summed E-state index contributed by atoms with van der Waals surface area (Å²) in [7, 11) is 0. The lowest BCUT2D eigenvalue weighted by molar-refractivity contribution is 0.106. The summed E-state index contributed by atoms with van der Waals surface area (Å²) >= 11 is 0. The number of halogens is 2. The van der Waals surface area contributed by atoms with Crippen molar-refractivity contribution in [2.75, 3.05) is 6.61 Å². The van der Waals surface area contributed by atoms with Crippen molar-refractivity contribution in [2.24, 2.45) is 0 Å². The normalized spacial score (nSPS) is 13.2. The third-order valence-electron chi connectivity index (χ3n) is 5.35. The Morgan fingerprint density at radius 3 is 2.00 bits per heavy atom. The topological polar surface area (TPSA) is 35.0 Å². The smallest absolute Gasteiger partial charge is 0.165 e. The Labute approximate surface area is 180 Å². The molecule has 0 spiro atoms. The minimum Gasteiger partial charge on any atom is -0.487 e. The van der Waals surface area contributed by atoms with Gasteiger partial charge >= 0.3 is 0 Å². The molecule has 0 fully saturated rings. The van der Waals surface area contributed by atoms with E-state index in [1.54, 1.807) is 6.92 Å². The molecule has 1 aromatic carbocycles. The van der Waals surface area contributed by atoms with Crippen LogP contribution in [0, 0.1) is 0 Å². The Morgan fingerprint density at radius 2 is 1.40 bits per heavy atom. The van der Waals surface area contributed by atoms with Crippen LogP contribution in [0.5, 0.6) is 5.75 Å². The van der Waals surface area contributed by atoms with E-state index in [1.165, 1.54) is 69.3 Å². The highest BCUT2D eigenvalue weighted by molar-refractivity contribution is 5.55. The fourth-order valence-corrected chi connectivity index (χ4v) is 3.36. The van der Waals surface area contributed by atoms with Crippen LogP contribution in [0.15, 0.2) is 36.7 Å². The highest BCUT2D eigenvalue weighted by Gasteiger charge is 2.19. The molecule has 0 saturated carbocycles. The SMILES string of the molecule is CCCCCCCCCCc1ccc(-c2ncc(OCC(F)C(F)CC)cn2)cc1. The number of aryl methyl sites for hydroxylation is 1. The number of hydrogen-bond donors (Lipinski definition) is 0. The third-order valence-corrected chi connectivity index (χ3v) is 5.35. The van der Waals surface area contributed by atoms with Crippen molar-refractivity contribution in [3.8, 4) is 17.1 Å². The average molecular weight is 419 g/mol. The first-order valence-corrected chi connectivity index (χ1v) is 11.5. The van der Waals surface area contributed by atoms with Crippen molar-refractivity contribution in [3.05, 3.63) is 42.2 Å². The van der Waals surface area contributed by atoms with Crippen molar-refractivity contribution in [1.82, 2.24) is 9.97 Å². The lowest BCUT2D eigenvalue weighted by Gasteiger charge is -2.12. The lowest BCUT2D eigenvalue weighted by atomic mass is 10.0.